The van der Waals surface area contributed by atoms with Gasteiger partial charge in [-0.3, -0.25) is 4.79 Å². The summed E-state index contributed by atoms with van der Waals surface area (Å²) in [6, 6.07) is 8.33. The zero-order valence-electron chi connectivity index (χ0n) is 9.21. The van der Waals surface area contributed by atoms with Crippen molar-refractivity contribution < 1.29 is 4.79 Å². The predicted molar refractivity (Wildman–Crippen MR) is 68.2 cm³/mol. The van der Waals surface area contributed by atoms with Gasteiger partial charge in [0.15, 0.2) is 0 Å². The van der Waals surface area contributed by atoms with Gasteiger partial charge in [-0.05, 0) is 30.5 Å². The van der Waals surface area contributed by atoms with Crippen LogP contribution in [-0.2, 0) is 11.2 Å². The Kier molecular flexibility index (Phi) is 3.99. The lowest BCUT2D eigenvalue weighted by Gasteiger charge is -2.11. The maximum absolute atomic E-state index is 11.7. The average Bonchev–Trinajstić information content (AvgIpc) is 2.74. The van der Waals surface area contributed by atoms with Gasteiger partial charge in [-0.25, -0.2) is 0 Å². The van der Waals surface area contributed by atoms with E-state index in [9.17, 15) is 4.79 Å². The SMILES string of the molecule is O=C(Cc1ccc(Br)cc1)NC1CCCC1. The molecule has 0 saturated heterocycles. The lowest BCUT2D eigenvalue weighted by atomic mass is 10.1. The van der Waals surface area contributed by atoms with Gasteiger partial charge in [0.1, 0.15) is 0 Å². The van der Waals surface area contributed by atoms with Gasteiger partial charge in [0.2, 0.25) is 5.91 Å². The van der Waals surface area contributed by atoms with E-state index in [0.29, 0.717) is 12.5 Å². The molecule has 1 N–H and O–H groups in total. The van der Waals surface area contributed by atoms with Crippen LogP contribution >= 0.6 is 15.9 Å². The fourth-order valence-electron chi connectivity index (χ4n) is 2.14. The Balaban J connectivity index is 1.84. The molecular formula is C13H16BrNO. The van der Waals surface area contributed by atoms with Gasteiger partial charge >= 0.3 is 0 Å². The van der Waals surface area contributed by atoms with Crippen molar-refractivity contribution >= 4 is 21.8 Å². The van der Waals surface area contributed by atoms with E-state index in [1.165, 1.54) is 12.8 Å². The molecule has 0 atom stereocenters. The molecule has 1 saturated carbocycles. The number of rotatable bonds is 3. The van der Waals surface area contributed by atoms with Gasteiger partial charge in [0, 0.05) is 10.5 Å². The van der Waals surface area contributed by atoms with Gasteiger partial charge in [-0.2, -0.15) is 0 Å². The van der Waals surface area contributed by atoms with Crippen LogP contribution < -0.4 is 5.32 Å². The maximum atomic E-state index is 11.7. The Hall–Kier alpha value is -0.830. The molecule has 16 heavy (non-hydrogen) atoms. The first kappa shape index (κ1) is 11.6. The minimum Gasteiger partial charge on any atom is -0.353 e. The normalized spacial score (nSPS) is 16.3. The van der Waals surface area contributed by atoms with Crippen molar-refractivity contribution in [1.82, 2.24) is 5.32 Å². The van der Waals surface area contributed by atoms with E-state index >= 15 is 0 Å². The molecule has 0 radical (unpaired) electrons. The Morgan fingerprint density at radius 1 is 1.25 bits per heavy atom. The highest BCUT2D eigenvalue weighted by atomic mass is 79.9. The molecule has 0 aromatic heterocycles. The quantitative estimate of drug-likeness (QED) is 0.907. The minimum absolute atomic E-state index is 0.147. The molecule has 0 heterocycles. The summed E-state index contributed by atoms with van der Waals surface area (Å²) in [6.07, 6.45) is 5.29. The number of carbonyl (C=O) groups excluding carboxylic acids is 1. The summed E-state index contributed by atoms with van der Waals surface area (Å²) < 4.78 is 1.05. The molecule has 1 fully saturated rings. The van der Waals surface area contributed by atoms with Crippen LogP contribution in [-0.4, -0.2) is 11.9 Å². The largest absolute Gasteiger partial charge is 0.353 e. The zero-order chi connectivity index (χ0) is 11.4. The molecule has 1 aromatic rings. The van der Waals surface area contributed by atoms with E-state index in [2.05, 4.69) is 21.2 Å². The van der Waals surface area contributed by atoms with E-state index in [-0.39, 0.29) is 5.91 Å². The van der Waals surface area contributed by atoms with Crippen molar-refractivity contribution in [1.29, 1.82) is 0 Å². The summed E-state index contributed by atoms with van der Waals surface area (Å²) in [6.45, 7) is 0. The number of nitrogens with one attached hydrogen (secondary N) is 1. The van der Waals surface area contributed by atoms with Crippen LogP contribution in [0.3, 0.4) is 0 Å². The lowest BCUT2D eigenvalue weighted by molar-refractivity contribution is -0.121. The van der Waals surface area contributed by atoms with E-state index < -0.39 is 0 Å². The van der Waals surface area contributed by atoms with Crippen LogP contribution in [0.15, 0.2) is 28.7 Å². The number of amides is 1. The van der Waals surface area contributed by atoms with Crippen molar-refractivity contribution in [2.45, 2.75) is 38.1 Å². The third-order valence-corrected chi connectivity index (χ3v) is 3.53. The molecule has 0 aliphatic heterocycles. The van der Waals surface area contributed by atoms with Crippen molar-refractivity contribution in [3.63, 3.8) is 0 Å². The first-order valence-electron chi connectivity index (χ1n) is 5.78. The van der Waals surface area contributed by atoms with Crippen molar-refractivity contribution in [2.24, 2.45) is 0 Å². The number of halogens is 1. The van der Waals surface area contributed by atoms with Crippen LogP contribution in [0.4, 0.5) is 0 Å². The standard InChI is InChI=1S/C13H16BrNO/c14-11-7-5-10(6-8-11)9-13(16)15-12-3-1-2-4-12/h5-8,12H,1-4,9H2,(H,15,16). The van der Waals surface area contributed by atoms with Crippen LogP contribution in [0.1, 0.15) is 31.2 Å². The maximum Gasteiger partial charge on any atom is 0.224 e. The molecule has 1 amide bonds. The first-order valence-corrected chi connectivity index (χ1v) is 6.57. The van der Waals surface area contributed by atoms with Crippen LogP contribution in [0.5, 0.6) is 0 Å². The van der Waals surface area contributed by atoms with Crippen molar-refractivity contribution in [3.8, 4) is 0 Å². The lowest BCUT2D eigenvalue weighted by Crippen LogP contribution is -2.33. The van der Waals surface area contributed by atoms with E-state index in [4.69, 9.17) is 0 Å². The van der Waals surface area contributed by atoms with Crippen LogP contribution in [0.25, 0.3) is 0 Å². The second-order valence-electron chi connectivity index (χ2n) is 4.35. The van der Waals surface area contributed by atoms with Crippen LogP contribution in [0.2, 0.25) is 0 Å². The smallest absolute Gasteiger partial charge is 0.224 e. The molecule has 2 nitrogen and oxygen atoms in total. The summed E-state index contributed by atoms with van der Waals surface area (Å²) in [5.41, 5.74) is 1.07. The van der Waals surface area contributed by atoms with Gasteiger partial charge in [0.25, 0.3) is 0 Å². The monoisotopic (exact) mass is 281 g/mol. The summed E-state index contributed by atoms with van der Waals surface area (Å²) >= 11 is 3.38. The molecule has 1 aromatic carbocycles. The molecule has 2 rings (SSSR count). The molecule has 1 aliphatic carbocycles. The highest BCUT2D eigenvalue weighted by Gasteiger charge is 2.16. The molecular weight excluding hydrogens is 266 g/mol. The first-order chi connectivity index (χ1) is 7.74. The number of hydrogen-bond donors (Lipinski definition) is 1. The Labute approximate surface area is 105 Å². The van der Waals surface area contributed by atoms with Crippen molar-refractivity contribution in [2.75, 3.05) is 0 Å². The third-order valence-electron chi connectivity index (χ3n) is 3.00. The van der Waals surface area contributed by atoms with Gasteiger partial charge in [0.05, 0.1) is 6.42 Å². The Morgan fingerprint density at radius 3 is 2.50 bits per heavy atom. The number of hydrogen-bond acceptors (Lipinski definition) is 1. The summed E-state index contributed by atoms with van der Waals surface area (Å²) in [5, 5.41) is 3.09. The summed E-state index contributed by atoms with van der Waals surface area (Å²) in [5.74, 6) is 0.147. The average molecular weight is 282 g/mol. The van der Waals surface area contributed by atoms with Gasteiger partial charge in [-0.1, -0.05) is 40.9 Å². The van der Waals surface area contributed by atoms with Gasteiger partial charge < -0.3 is 5.32 Å². The van der Waals surface area contributed by atoms with E-state index in [1.807, 2.05) is 24.3 Å². The number of benzene rings is 1. The minimum atomic E-state index is 0.147. The van der Waals surface area contributed by atoms with E-state index in [1.54, 1.807) is 0 Å². The third kappa shape index (κ3) is 3.34. The van der Waals surface area contributed by atoms with Crippen molar-refractivity contribution in [3.05, 3.63) is 34.3 Å². The molecule has 3 heteroatoms. The number of carbonyl (C=O) groups is 1. The fraction of sp³-hybridized carbons (Fsp3) is 0.462. The molecule has 0 unspecified atom stereocenters. The predicted octanol–water partition coefficient (Wildman–Crippen LogP) is 3.05. The molecule has 0 bridgehead atoms. The topological polar surface area (TPSA) is 29.1 Å². The van der Waals surface area contributed by atoms with E-state index in [0.717, 1.165) is 22.9 Å². The second-order valence-corrected chi connectivity index (χ2v) is 5.27. The zero-order valence-corrected chi connectivity index (χ0v) is 10.8. The summed E-state index contributed by atoms with van der Waals surface area (Å²) in [4.78, 5) is 11.7. The highest BCUT2D eigenvalue weighted by Crippen LogP contribution is 2.18. The fourth-order valence-corrected chi connectivity index (χ4v) is 2.40. The van der Waals surface area contributed by atoms with Gasteiger partial charge in [-0.15, -0.1) is 0 Å². The van der Waals surface area contributed by atoms with Crippen LogP contribution in [0, 0.1) is 0 Å². The molecule has 0 spiro atoms. The highest BCUT2D eigenvalue weighted by molar-refractivity contribution is 9.10. The summed E-state index contributed by atoms with van der Waals surface area (Å²) in [7, 11) is 0. The second kappa shape index (κ2) is 5.48. The Bertz CT molecular complexity index is 355. The molecule has 86 valence electrons. The Morgan fingerprint density at radius 2 is 1.88 bits per heavy atom. The molecule has 1 aliphatic rings.